The standard InChI is InChI=1S/C22H28O4/c23-20-4-2-1-3-19(20)16-5-7-21(8-6-16)24-22(26-25-21)17-10-14-9-15(12-17)13-18(22)11-14/h1-4,14-18,23H,5-13H2. The van der Waals surface area contributed by atoms with Crippen LogP contribution in [-0.4, -0.2) is 16.7 Å². The van der Waals surface area contributed by atoms with Crippen molar-refractivity contribution in [3.8, 4) is 5.75 Å². The summed E-state index contributed by atoms with van der Waals surface area (Å²) in [6, 6.07) is 7.73. The zero-order valence-corrected chi connectivity index (χ0v) is 15.2. The number of rotatable bonds is 1. The van der Waals surface area contributed by atoms with Gasteiger partial charge in [-0.05, 0) is 74.3 Å². The van der Waals surface area contributed by atoms with Crippen molar-refractivity contribution in [3.63, 3.8) is 0 Å². The third-order valence-electron chi connectivity index (χ3n) is 8.07. The van der Waals surface area contributed by atoms with Gasteiger partial charge in [-0.15, -0.1) is 0 Å². The minimum Gasteiger partial charge on any atom is -0.508 e. The molecule has 5 aliphatic carbocycles. The van der Waals surface area contributed by atoms with E-state index in [9.17, 15) is 5.11 Å². The lowest BCUT2D eigenvalue weighted by Gasteiger charge is -2.57. The monoisotopic (exact) mass is 356 g/mol. The normalized spacial score (nSPS) is 49.3. The van der Waals surface area contributed by atoms with Crippen LogP contribution >= 0.6 is 0 Å². The SMILES string of the molecule is Oc1ccccc1C1CCC2(CC1)OOC1(O2)C2CC3CC(C2)CC1C3. The summed E-state index contributed by atoms with van der Waals surface area (Å²) in [7, 11) is 0. The second kappa shape index (κ2) is 5.46. The molecule has 1 heterocycles. The minimum atomic E-state index is -0.559. The van der Waals surface area contributed by atoms with Gasteiger partial charge in [-0.2, -0.15) is 9.78 Å². The molecule has 1 saturated heterocycles. The van der Waals surface area contributed by atoms with Gasteiger partial charge in [0.1, 0.15) is 5.75 Å². The lowest BCUT2D eigenvalue weighted by atomic mass is 9.53. The predicted molar refractivity (Wildman–Crippen MR) is 95.1 cm³/mol. The molecule has 0 radical (unpaired) electrons. The summed E-state index contributed by atoms with van der Waals surface area (Å²) < 4.78 is 6.76. The molecule has 4 heteroatoms. The molecule has 1 aromatic rings. The van der Waals surface area contributed by atoms with Gasteiger partial charge >= 0.3 is 0 Å². The van der Waals surface area contributed by atoms with Gasteiger partial charge < -0.3 is 9.84 Å². The summed E-state index contributed by atoms with van der Waals surface area (Å²) in [5.41, 5.74) is 1.06. The Morgan fingerprint density at radius 3 is 2.15 bits per heavy atom. The van der Waals surface area contributed by atoms with Gasteiger partial charge in [0.2, 0.25) is 11.6 Å². The predicted octanol–water partition coefficient (Wildman–Crippen LogP) is 4.88. The summed E-state index contributed by atoms with van der Waals surface area (Å²) >= 11 is 0. The van der Waals surface area contributed by atoms with E-state index >= 15 is 0 Å². The Morgan fingerprint density at radius 2 is 1.50 bits per heavy atom. The largest absolute Gasteiger partial charge is 0.508 e. The number of hydrogen-bond donors (Lipinski definition) is 1. The third kappa shape index (κ3) is 2.18. The Kier molecular flexibility index (Phi) is 3.34. The molecule has 140 valence electrons. The van der Waals surface area contributed by atoms with Crippen LogP contribution in [0.25, 0.3) is 0 Å². The Labute approximate surface area is 154 Å². The van der Waals surface area contributed by atoms with Crippen molar-refractivity contribution in [2.45, 2.75) is 75.3 Å². The van der Waals surface area contributed by atoms with Crippen LogP contribution < -0.4 is 0 Å². The van der Waals surface area contributed by atoms with Crippen molar-refractivity contribution in [1.82, 2.24) is 0 Å². The molecule has 0 aromatic heterocycles. The average molecular weight is 356 g/mol. The molecule has 4 nitrogen and oxygen atoms in total. The van der Waals surface area contributed by atoms with E-state index in [2.05, 4.69) is 0 Å². The number of hydrogen-bond acceptors (Lipinski definition) is 4. The molecule has 26 heavy (non-hydrogen) atoms. The molecule has 2 spiro atoms. The fraction of sp³-hybridized carbons (Fsp3) is 0.727. The van der Waals surface area contributed by atoms with Crippen molar-refractivity contribution >= 4 is 0 Å². The van der Waals surface area contributed by atoms with Gasteiger partial charge in [-0.25, -0.2) is 0 Å². The summed E-state index contributed by atoms with van der Waals surface area (Å²) in [5, 5.41) is 10.2. The van der Waals surface area contributed by atoms with Gasteiger partial charge in [-0.1, -0.05) is 18.2 Å². The second-order valence-corrected chi connectivity index (χ2v) is 9.54. The maximum absolute atomic E-state index is 10.2. The van der Waals surface area contributed by atoms with Crippen molar-refractivity contribution in [3.05, 3.63) is 29.8 Å². The van der Waals surface area contributed by atoms with Crippen molar-refractivity contribution < 1.29 is 19.6 Å². The van der Waals surface area contributed by atoms with E-state index in [1.54, 1.807) is 6.07 Å². The van der Waals surface area contributed by atoms with Crippen LogP contribution in [0.15, 0.2) is 24.3 Å². The molecule has 0 atom stereocenters. The number of para-hydroxylation sites is 1. The first-order valence-electron chi connectivity index (χ1n) is 10.5. The number of phenols is 1. The Morgan fingerprint density at radius 1 is 0.846 bits per heavy atom. The highest BCUT2D eigenvalue weighted by Crippen LogP contribution is 2.64. The Balaban J connectivity index is 1.20. The fourth-order valence-corrected chi connectivity index (χ4v) is 7.00. The zero-order chi connectivity index (χ0) is 17.4. The second-order valence-electron chi connectivity index (χ2n) is 9.54. The quantitative estimate of drug-likeness (QED) is 0.729. The summed E-state index contributed by atoms with van der Waals surface area (Å²) in [5.74, 6) is 2.60. The minimum absolute atomic E-state index is 0.379. The van der Waals surface area contributed by atoms with E-state index < -0.39 is 11.6 Å². The van der Waals surface area contributed by atoms with Crippen LogP contribution in [0.4, 0.5) is 0 Å². The van der Waals surface area contributed by atoms with Crippen LogP contribution in [-0.2, 0) is 14.5 Å². The highest BCUT2D eigenvalue weighted by molar-refractivity contribution is 5.35. The van der Waals surface area contributed by atoms with Crippen LogP contribution in [0.1, 0.15) is 69.3 Å². The van der Waals surface area contributed by atoms with Crippen molar-refractivity contribution in [2.24, 2.45) is 23.7 Å². The lowest BCUT2D eigenvalue weighted by molar-refractivity contribution is -0.390. The molecule has 6 fully saturated rings. The van der Waals surface area contributed by atoms with Gasteiger partial charge in [0.25, 0.3) is 0 Å². The molecule has 0 amide bonds. The zero-order valence-electron chi connectivity index (χ0n) is 15.2. The number of ether oxygens (including phenoxy) is 1. The molecule has 6 aliphatic rings. The smallest absolute Gasteiger partial charge is 0.210 e. The number of aromatic hydroxyl groups is 1. The van der Waals surface area contributed by atoms with Crippen LogP contribution in [0.5, 0.6) is 5.75 Å². The average Bonchev–Trinajstić information content (AvgIpc) is 3.01. The Hall–Kier alpha value is -1.10. The summed E-state index contributed by atoms with van der Waals surface area (Å²) in [6.07, 6.45) is 10.1. The molecule has 7 rings (SSSR count). The van der Waals surface area contributed by atoms with E-state index in [0.717, 1.165) is 43.1 Å². The van der Waals surface area contributed by atoms with Gasteiger partial charge in [-0.3, -0.25) is 0 Å². The molecule has 1 N–H and O–H groups in total. The Bertz CT molecular complexity index is 678. The van der Waals surface area contributed by atoms with Crippen molar-refractivity contribution in [1.29, 1.82) is 0 Å². The van der Waals surface area contributed by atoms with Crippen LogP contribution in [0.3, 0.4) is 0 Å². The first-order chi connectivity index (χ1) is 12.7. The van der Waals surface area contributed by atoms with E-state index in [1.807, 2.05) is 18.2 Å². The molecule has 0 unspecified atom stereocenters. The molecule has 1 aliphatic heterocycles. The lowest BCUT2D eigenvalue weighted by Crippen LogP contribution is -2.59. The maximum Gasteiger partial charge on any atom is 0.210 e. The van der Waals surface area contributed by atoms with E-state index in [0.29, 0.717) is 23.5 Å². The van der Waals surface area contributed by atoms with E-state index in [4.69, 9.17) is 14.5 Å². The highest BCUT2D eigenvalue weighted by Gasteiger charge is 2.66. The molecule has 5 saturated carbocycles. The summed E-state index contributed by atoms with van der Waals surface area (Å²) in [6.45, 7) is 0. The number of phenolic OH excluding ortho intramolecular Hbond substituents is 1. The maximum atomic E-state index is 10.2. The molecule has 4 bridgehead atoms. The van der Waals surface area contributed by atoms with Crippen LogP contribution in [0.2, 0.25) is 0 Å². The van der Waals surface area contributed by atoms with Crippen LogP contribution in [0, 0.1) is 23.7 Å². The third-order valence-corrected chi connectivity index (χ3v) is 8.07. The molecular weight excluding hydrogens is 328 g/mol. The summed E-state index contributed by atoms with van der Waals surface area (Å²) in [4.78, 5) is 12.1. The molecular formula is C22H28O4. The van der Waals surface area contributed by atoms with E-state index in [-0.39, 0.29) is 0 Å². The van der Waals surface area contributed by atoms with Crippen molar-refractivity contribution in [2.75, 3.05) is 0 Å². The highest BCUT2D eigenvalue weighted by atomic mass is 17.3. The van der Waals surface area contributed by atoms with Gasteiger partial charge in [0, 0.05) is 24.7 Å². The topological polar surface area (TPSA) is 47.9 Å². The van der Waals surface area contributed by atoms with Gasteiger partial charge in [0.05, 0.1) is 0 Å². The first-order valence-corrected chi connectivity index (χ1v) is 10.5. The fourth-order valence-electron chi connectivity index (χ4n) is 7.00. The van der Waals surface area contributed by atoms with Gasteiger partial charge in [0.15, 0.2) is 0 Å². The molecule has 1 aromatic carbocycles. The number of benzene rings is 1. The van der Waals surface area contributed by atoms with E-state index in [1.165, 1.54) is 32.1 Å². The first kappa shape index (κ1) is 15.9.